The highest BCUT2D eigenvalue weighted by atomic mass is 19.4. The van der Waals surface area contributed by atoms with Crippen molar-refractivity contribution in [3.05, 3.63) is 0 Å². The molecule has 1 amide bonds. The molecule has 0 bridgehead atoms. The van der Waals surface area contributed by atoms with Crippen molar-refractivity contribution in [2.45, 2.75) is 58.7 Å². The lowest BCUT2D eigenvalue weighted by atomic mass is 9.79. The van der Waals surface area contributed by atoms with E-state index in [-0.39, 0.29) is 30.3 Å². The Bertz CT molecular complexity index is 352. The number of halogens is 3. The summed E-state index contributed by atoms with van der Waals surface area (Å²) in [5, 5.41) is 9.56. The minimum atomic E-state index is -4.62. The Morgan fingerprint density at radius 1 is 1.25 bits per heavy atom. The van der Waals surface area contributed by atoms with Crippen LogP contribution in [0.3, 0.4) is 0 Å². The number of hydrogen-bond donors (Lipinski definition) is 1. The molecule has 1 unspecified atom stereocenters. The number of piperidine rings is 1. The van der Waals surface area contributed by atoms with Gasteiger partial charge in [-0.3, -0.25) is 4.79 Å². The number of hydrogen-bond acceptors (Lipinski definition) is 2. The molecule has 1 saturated heterocycles. The molecular formula is C14H24F3NO2. The van der Waals surface area contributed by atoms with Gasteiger partial charge in [-0.2, -0.15) is 13.2 Å². The van der Waals surface area contributed by atoms with E-state index >= 15 is 0 Å². The maximum atomic E-state index is 12.7. The van der Waals surface area contributed by atoms with Crippen LogP contribution in [0.1, 0.15) is 47.0 Å². The maximum absolute atomic E-state index is 12.7. The molecule has 1 heterocycles. The number of carbonyl (C=O) groups is 1. The van der Waals surface area contributed by atoms with Gasteiger partial charge in [0.1, 0.15) is 0 Å². The monoisotopic (exact) mass is 295 g/mol. The Kier molecular flexibility index (Phi) is 4.79. The SMILES string of the molecule is CC(CC(=O)N1CCC(O)(C(F)(F)F)CC1)C(C)(C)C. The van der Waals surface area contributed by atoms with Gasteiger partial charge < -0.3 is 10.0 Å². The highest BCUT2D eigenvalue weighted by Gasteiger charge is 2.54. The highest BCUT2D eigenvalue weighted by molar-refractivity contribution is 5.76. The van der Waals surface area contributed by atoms with Gasteiger partial charge in [-0.05, 0) is 11.3 Å². The van der Waals surface area contributed by atoms with E-state index in [9.17, 15) is 23.1 Å². The molecule has 1 atom stereocenters. The first-order valence-corrected chi connectivity index (χ1v) is 6.94. The zero-order valence-electron chi connectivity index (χ0n) is 12.5. The Morgan fingerprint density at radius 2 is 1.70 bits per heavy atom. The fourth-order valence-electron chi connectivity index (χ4n) is 2.11. The van der Waals surface area contributed by atoms with E-state index in [0.29, 0.717) is 6.42 Å². The molecule has 0 aromatic carbocycles. The Balaban J connectivity index is 2.56. The quantitative estimate of drug-likeness (QED) is 0.851. The molecule has 20 heavy (non-hydrogen) atoms. The van der Waals surface area contributed by atoms with Crippen LogP contribution in [0.4, 0.5) is 13.2 Å². The van der Waals surface area contributed by atoms with Gasteiger partial charge in [-0.15, -0.1) is 0 Å². The first-order chi connectivity index (χ1) is 8.87. The van der Waals surface area contributed by atoms with Gasteiger partial charge >= 0.3 is 6.18 Å². The van der Waals surface area contributed by atoms with Crippen LogP contribution < -0.4 is 0 Å². The molecule has 118 valence electrons. The van der Waals surface area contributed by atoms with Crippen LogP contribution in [0.2, 0.25) is 0 Å². The van der Waals surface area contributed by atoms with Crippen LogP contribution in [0.25, 0.3) is 0 Å². The van der Waals surface area contributed by atoms with Gasteiger partial charge in [0.2, 0.25) is 5.91 Å². The molecule has 0 aromatic heterocycles. The van der Waals surface area contributed by atoms with E-state index in [1.165, 1.54) is 4.90 Å². The second-order valence-corrected chi connectivity index (χ2v) is 6.88. The molecule has 1 fully saturated rings. The van der Waals surface area contributed by atoms with Crippen molar-refractivity contribution in [1.82, 2.24) is 4.90 Å². The first-order valence-electron chi connectivity index (χ1n) is 6.94. The number of likely N-dealkylation sites (tertiary alicyclic amines) is 1. The van der Waals surface area contributed by atoms with Gasteiger partial charge in [-0.1, -0.05) is 27.7 Å². The van der Waals surface area contributed by atoms with E-state index in [0.717, 1.165) is 0 Å². The molecule has 3 nitrogen and oxygen atoms in total. The smallest absolute Gasteiger partial charge is 0.380 e. The van der Waals surface area contributed by atoms with Crippen molar-refractivity contribution in [3.8, 4) is 0 Å². The van der Waals surface area contributed by atoms with Crippen LogP contribution >= 0.6 is 0 Å². The van der Waals surface area contributed by atoms with Crippen molar-refractivity contribution in [2.75, 3.05) is 13.1 Å². The molecule has 0 saturated carbocycles. The molecule has 1 rings (SSSR count). The van der Waals surface area contributed by atoms with Crippen molar-refractivity contribution >= 4 is 5.91 Å². The second-order valence-electron chi connectivity index (χ2n) is 6.88. The first kappa shape index (κ1) is 17.3. The standard InChI is InChI=1S/C14H24F3NO2/c1-10(12(2,3)4)9-11(19)18-7-5-13(20,6-8-18)14(15,16)17/h10,20H,5-9H2,1-4H3. The zero-order valence-corrected chi connectivity index (χ0v) is 12.5. The van der Waals surface area contributed by atoms with Crippen LogP contribution in [0.15, 0.2) is 0 Å². The molecule has 0 aromatic rings. The van der Waals surface area contributed by atoms with Crippen molar-refractivity contribution in [1.29, 1.82) is 0 Å². The van der Waals surface area contributed by atoms with Gasteiger partial charge in [0.15, 0.2) is 5.60 Å². The van der Waals surface area contributed by atoms with Crippen LogP contribution in [-0.4, -0.2) is 40.8 Å². The van der Waals surface area contributed by atoms with Crippen LogP contribution in [-0.2, 0) is 4.79 Å². The van der Waals surface area contributed by atoms with Crippen LogP contribution in [0.5, 0.6) is 0 Å². The summed E-state index contributed by atoms with van der Waals surface area (Å²) >= 11 is 0. The summed E-state index contributed by atoms with van der Waals surface area (Å²) in [6.07, 6.45) is -5.17. The van der Waals surface area contributed by atoms with Gasteiger partial charge in [0.05, 0.1) is 0 Å². The molecule has 0 aliphatic carbocycles. The molecule has 1 aliphatic rings. The summed E-state index contributed by atoms with van der Waals surface area (Å²) in [7, 11) is 0. The van der Waals surface area contributed by atoms with Gasteiger partial charge in [0.25, 0.3) is 0 Å². The van der Waals surface area contributed by atoms with Crippen molar-refractivity contribution in [2.24, 2.45) is 11.3 Å². The lowest BCUT2D eigenvalue weighted by Crippen LogP contribution is -2.54. The lowest BCUT2D eigenvalue weighted by molar-refractivity contribution is -0.272. The Hall–Kier alpha value is -0.780. The van der Waals surface area contributed by atoms with Crippen molar-refractivity contribution < 1.29 is 23.1 Å². The van der Waals surface area contributed by atoms with Crippen molar-refractivity contribution in [3.63, 3.8) is 0 Å². The minimum absolute atomic E-state index is 0.0157. The highest BCUT2D eigenvalue weighted by Crippen LogP contribution is 2.38. The summed E-state index contributed by atoms with van der Waals surface area (Å²) in [4.78, 5) is 13.5. The average Bonchev–Trinajstić information content (AvgIpc) is 2.26. The molecular weight excluding hydrogens is 271 g/mol. The molecule has 6 heteroatoms. The Labute approximate surface area is 118 Å². The third kappa shape index (κ3) is 3.87. The van der Waals surface area contributed by atoms with E-state index in [2.05, 4.69) is 0 Å². The zero-order chi connectivity index (χ0) is 15.8. The summed E-state index contributed by atoms with van der Waals surface area (Å²) < 4.78 is 38.0. The largest absolute Gasteiger partial charge is 0.417 e. The molecule has 1 aliphatic heterocycles. The van der Waals surface area contributed by atoms with E-state index < -0.39 is 24.6 Å². The lowest BCUT2D eigenvalue weighted by Gasteiger charge is -2.39. The summed E-state index contributed by atoms with van der Waals surface area (Å²) in [5.41, 5.74) is -2.66. The fraction of sp³-hybridized carbons (Fsp3) is 0.929. The normalized spacial score (nSPS) is 21.7. The van der Waals surface area contributed by atoms with Gasteiger partial charge in [0, 0.05) is 32.4 Å². The predicted octanol–water partition coefficient (Wildman–Crippen LogP) is 2.97. The number of rotatable bonds is 2. The molecule has 0 spiro atoms. The van der Waals surface area contributed by atoms with Crippen LogP contribution in [0, 0.1) is 11.3 Å². The summed E-state index contributed by atoms with van der Waals surface area (Å²) in [6.45, 7) is 7.99. The number of alkyl halides is 3. The Morgan fingerprint density at radius 3 is 2.05 bits per heavy atom. The topological polar surface area (TPSA) is 40.5 Å². The minimum Gasteiger partial charge on any atom is -0.380 e. The summed E-state index contributed by atoms with van der Waals surface area (Å²) in [6, 6.07) is 0. The average molecular weight is 295 g/mol. The number of aliphatic hydroxyl groups is 1. The molecule has 0 radical (unpaired) electrons. The predicted molar refractivity (Wildman–Crippen MR) is 70.1 cm³/mol. The second kappa shape index (κ2) is 5.54. The fourth-order valence-corrected chi connectivity index (χ4v) is 2.11. The number of carbonyl (C=O) groups excluding carboxylic acids is 1. The maximum Gasteiger partial charge on any atom is 0.417 e. The third-order valence-electron chi connectivity index (χ3n) is 4.43. The van der Waals surface area contributed by atoms with E-state index in [4.69, 9.17) is 0 Å². The molecule has 1 N–H and O–H groups in total. The number of nitrogens with zero attached hydrogens (tertiary/aromatic N) is 1. The number of amides is 1. The van der Waals surface area contributed by atoms with Gasteiger partial charge in [-0.25, -0.2) is 0 Å². The third-order valence-corrected chi connectivity index (χ3v) is 4.43. The van der Waals surface area contributed by atoms with E-state index in [1.54, 1.807) is 0 Å². The van der Waals surface area contributed by atoms with E-state index in [1.807, 2.05) is 27.7 Å². The summed E-state index contributed by atoms with van der Waals surface area (Å²) in [5.74, 6) is 0.0232.